The number of amides is 1. The molecular formula is C12H19N5OS. The Labute approximate surface area is 117 Å². The highest BCUT2D eigenvalue weighted by Gasteiger charge is 2.19. The van der Waals surface area contributed by atoms with E-state index in [-0.39, 0.29) is 11.3 Å². The Kier molecular flexibility index (Phi) is 5.60. The van der Waals surface area contributed by atoms with Gasteiger partial charge in [-0.15, -0.1) is 11.3 Å². The highest BCUT2D eigenvalue weighted by molar-refractivity contribution is 7.17. The maximum absolute atomic E-state index is 11.4. The van der Waals surface area contributed by atoms with Gasteiger partial charge in [0.15, 0.2) is 0 Å². The van der Waals surface area contributed by atoms with E-state index in [9.17, 15) is 4.79 Å². The van der Waals surface area contributed by atoms with Crippen molar-refractivity contribution in [3.63, 3.8) is 0 Å². The van der Waals surface area contributed by atoms with Crippen molar-refractivity contribution in [2.75, 3.05) is 37.2 Å². The van der Waals surface area contributed by atoms with Crippen LogP contribution < -0.4 is 16.8 Å². The van der Waals surface area contributed by atoms with Crippen molar-refractivity contribution in [3.8, 4) is 6.07 Å². The van der Waals surface area contributed by atoms with E-state index in [0.29, 0.717) is 16.4 Å². The fraction of sp³-hybridized carbons (Fsp3) is 0.500. The molecule has 0 saturated carbocycles. The van der Waals surface area contributed by atoms with Gasteiger partial charge in [-0.3, -0.25) is 4.79 Å². The summed E-state index contributed by atoms with van der Waals surface area (Å²) in [5.74, 6) is -0.611. The van der Waals surface area contributed by atoms with Crippen molar-refractivity contribution in [2.24, 2.45) is 5.73 Å². The fourth-order valence-electron chi connectivity index (χ4n) is 1.76. The van der Waals surface area contributed by atoms with Crippen molar-refractivity contribution >= 4 is 27.9 Å². The predicted octanol–water partition coefficient (Wildman–Crippen LogP) is 1.05. The van der Waals surface area contributed by atoms with Crippen LogP contribution in [-0.4, -0.2) is 37.0 Å². The molecule has 1 aromatic heterocycles. The summed E-state index contributed by atoms with van der Waals surface area (Å²) in [5, 5.41) is 12.6. The lowest BCUT2D eigenvalue weighted by Gasteiger charge is -2.18. The first kappa shape index (κ1) is 15.3. The van der Waals surface area contributed by atoms with Crippen LogP contribution in [0, 0.1) is 11.3 Å². The lowest BCUT2D eigenvalue weighted by molar-refractivity contribution is 0.100. The first-order valence-electron chi connectivity index (χ1n) is 6.13. The number of hydrogen-bond acceptors (Lipinski definition) is 6. The number of primary amides is 1. The van der Waals surface area contributed by atoms with E-state index in [0.717, 1.165) is 31.0 Å². The molecule has 0 aliphatic rings. The third-order valence-corrected chi connectivity index (χ3v) is 3.97. The summed E-state index contributed by atoms with van der Waals surface area (Å²) in [5.41, 5.74) is 11.4. The van der Waals surface area contributed by atoms with Crippen LogP contribution >= 0.6 is 11.3 Å². The summed E-state index contributed by atoms with van der Waals surface area (Å²) < 4.78 is 0. The van der Waals surface area contributed by atoms with Gasteiger partial charge >= 0.3 is 0 Å². The van der Waals surface area contributed by atoms with Gasteiger partial charge in [0.1, 0.15) is 15.9 Å². The molecule has 5 N–H and O–H groups in total. The lowest BCUT2D eigenvalue weighted by Crippen LogP contribution is -2.28. The third kappa shape index (κ3) is 3.59. The number of nitrogens with one attached hydrogen (secondary N) is 1. The molecule has 104 valence electrons. The van der Waals surface area contributed by atoms with Crippen LogP contribution in [0.25, 0.3) is 0 Å². The Morgan fingerprint density at radius 2 is 2.11 bits per heavy atom. The summed E-state index contributed by atoms with van der Waals surface area (Å²) in [7, 11) is 0. The zero-order valence-corrected chi connectivity index (χ0v) is 12.0. The van der Waals surface area contributed by atoms with Gasteiger partial charge in [0.25, 0.3) is 5.91 Å². The summed E-state index contributed by atoms with van der Waals surface area (Å²) in [6.07, 6.45) is 0. The average Bonchev–Trinajstić information content (AvgIpc) is 2.71. The largest absolute Gasteiger partial charge is 0.396 e. The van der Waals surface area contributed by atoms with Crippen molar-refractivity contribution in [1.29, 1.82) is 5.26 Å². The molecule has 19 heavy (non-hydrogen) atoms. The first-order chi connectivity index (χ1) is 9.04. The molecule has 6 nitrogen and oxygen atoms in total. The molecule has 0 saturated heterocycles. The Morgan fingerprint density at radius 3 is 2.58 bits per heavy atom. The molecule has 0 aliphatic heterocycles. The molecule has 0 atom stereocenters. The second-order valence-electron chi connectivity index (χ2n) is 3.98. The second kappa shape index (κ2) is 6.97. The van der Waals surface area contributed by atoms with Gasteiger partial charge in [-0.2, -0.15) is 5.26 Å². The molecule has 0 spiro atoms. The number of rotatable bonds is 7. The minimum Gasteiger partial charge on any atom is -0.396 e. The van der Waals surface area contributed by atoms with Crippen LogP contribution in [0.1, 0.15) is 29.1 Å². The van der Waals surface area contributed by atoms with E-state index in [4.69, 9.17) is 16.7 Å². The summed E-state index contributed by atoms with van der Waals surface area (Å²) in [6.45, 7) is 7.65. The number of nitriles is 1. The van der Waals surface area contributed by atoms with Gasteiger partial charge in [0.05, 0.1) is 11.3 Å². The van der Waals surface area contributed by atoms with E-state index in [1.807, 2.05) is 6.07 Å². The quantitative estimate of drug-likeness (QED) is 0.692. The van der Waals surface area contributed by atoms with Crippen LogP contribution in [0.5, 0.6) is 0 Å². The van der Waals surface area contributed by atoms with Gasteiger partial charge in [-0.05, 0) is 13.1 Å². The van der Waals surface area contributed by atoms with Crippen LogP contribution in [0.4, 0.5) is 10.7 Å². The van der Waals surface area contributed by atoms with Gasteiger partial charge < -0.3 is 21.7 Å². The van der Waals surface area contributed by atoms with E-state index >= 15 is 0 Å². The Hall–Kier alpha value is -1.78. The van der Waals surface area contributed by atoms with Crippen molar-refractivity contribution in [2.45, 2.75) is 13.8 Å². The molecule has 0 bridgehead atoms. The number of nitrogens with zero attached hydrogens (tertiary/aromatic N) is 2. The molecule has 0 aliphatic carbocycles. The maximum atomic E-state index is 11.4. The van der Waals surface area contributed by atoms with E-state index < -0.39 is 5.91 Å². The molecule has 1 heterocycles. The molecule has 1 amide bonds. The van der Waals surface area contributed by atoms with Gasteiger partial charge in [-0.25, -0.2) is 0 Å². The zero-order chi connectivity index (χ0) is 14.4. The number of hydrogen-bond donors (Lipinski definition) is 3. The summed E-state index contributed by atoms with van der Waals surface area (Å²) >= 11 is 1.16. The molecule has 0 fully saturated rings. The molecule has 7 heteroatoms. The first-order valence-corrected chi connectivity index (χ1v) is 6.95. The standard InChI is InChI=1S/C12H19N5OS/c1-3-17(4-2)6-5-16-12-9(11(15)18)10(14)8(7-13)19-12/h16H,3-6,14H2,1-2H3,(H2,15,18). The second-order valence-corrected chi connectivity index (χ2v) is 5.00. The van der Waals surface area contributed by atoms with Crippen LogP contribution in [0.2, 0.25) is 0 Å². The molecule has 0 unspecified atom stereocenters. The maximum Gasteiger partial charge on any atom is 0.253 e. The van der Waals surface area contributed by atoms with E-state index in [1.165, 1.54) is 0 Å². The number of carbonyl (C=O) groups excluding carboxylic acids is 1. The molecule has 1 rings (SSSR count). The number of thiophene rings is 1. The lowest BCUT2D eigenvalue weighted by atomic mass is 10.2. The monoisotopic (exact) mass is 281 g/mol. The fourth-order valence-corrected chi connectivity index (χ4v) is 2.71. The highest BCUT2D eigenvalue weighted by Crippen LogP contribution is 2.34. The van der Waals surface area contributed by atoms with E-state index in [1.54, 1.807) is 0 Å². The van der Waals surface area contributed by atoms with Gasteiger partial charge in [0, 0.05) is 13.1 Å². The zero-order valence-electron chi connectivity index (χ0n) is 11.2. The minimum absolute atomic E-state index is 0.172. The van der Waals surface area contributed by atoms with E-state index in [2.05, 4.69) is 24.1 Å². The predicted molar refractivity (Wildman–Crippen MR) is 78.2 cm³/mol. The minimum atomic E-state index is -0.611. The van der Waals surface area contributed by atoms with Crippen LogP contribution in [-0.2, 0) is 0 Å². The number of anilines is 2. The number of nitrogen functional groups attached to an aromatic ring is 1. The number of nitrogens with two attached hydrogens (primary N) is 2. The van der Waals surface area contributed by atoms with Gasteiger partial charge in [0.2, 0.25) is 0 Å². The normalized spacial score (nSPS) is 10.4. The molecule has 0 aromatic carbocycles. The summed E-state index contributed by atoms with van der Waals surface area (Å²) in [6, 6.07) is 1.97. The van der Waals surface area contributed by atoms with Crippen molar-refractivity contribution < 1.29 is 4.79 Å². The average molecular weight is 281 g/mol. The van der Waals surface area contributed by atoms with Crippen molar-refractivity contribution in [3.05, 3.63) is 10.4 Å². The molecular weight excluding hydrogens is 262 g/mol. The molecule has 0 radical (unpaired) electrons. The number of likely N-dealkylation sites (N-methyl/N-ethyl adjacent to an activating group) is 1. The highest BCUT2D eigenvalue weighted by atomic mass is 32.1. The number of carbonyl (C=O) groups is 1. The van der Waals surface area contributed by atoms with Crippen LogP contribution in [0.15, 0.2) is 0 Å². The van der Waals surface area contributed by atoms with Gasteiger partial charge in [-0.1, -0.05) is 13.8 Å². The van der Waals surface area contributed by atoms with Crippen LogP contribution in [0.3, 0.4) is 0 Å². The Bertz CT molecular complexity index is 487. The Balaban J connectivity index is 2.78. The van der Waals surface area contributed by atoms with Crippen molar-refractivity contribution in [1.82, 2.24) is 4.90 Å². The smallest absolute Gasteiger partial charge is 0.253 e. The SMILES string of the molecule is CCN(CC)CCNc1sc(C#N)c(N)c1C(N)=O. The Morgan fingerprint density at radius 1 is 1.47 bits per heavy atom. The third-order valence-electron chi connectivity index (χ3n) is 2.90. The topological polar surface area (TPSA) is 108 Å². The summed E-state index contributed by atoms with van der Waals surface area (Å²) in [4.78, 5) is 13.9. The molecule has 1 aromatic rings.